The van der Waals surface area contributed by atoms with Gasteiger partial charge < -0.3 is 0 Å². The predicted molar refractivity (Wildman–Crippen MR) is 50.7 cm³/mol. The quantitative estimate of drug-likeness (QED) is 0.643. The van der Waals surface area contributed by atoms with Gasteiger partial charge in [-0.05, 0) is 13.3 Å². The highest BCUT2D eigenvalue weighted by Gasteiger charge is 2.37. The zero-order chi connectivity index (χ0) is 10.8. The average Bonchev–Trinajstić information content (AvgIpc) is 2.43. The second kappa shape index (κ2) is 4.13. The number of nitrogens with one attached hydrogen (secondary N) is 1. The van der Waals surface area contributed by atoms with Gasteiger partial charge in [-0.2, -0.15) is 0 Å². The van der Waals surface area contributed by atoms with Crippen LogP contribution in [0.2, 0.25) is 0 Å². The summed E-state index contributed by atoms with van der Waals surface area (Å²) in [5.41, 5.74) is 0. The molecule has 1 atom stereocenters. The third-order valence-corrected chi connectivity index (χ3v) is 5.56. The fraction of sp³-hybridized carbons (Fsp3) is 1.00. The minimum absolute atomic E-state index is 0.0648. The molecule has 1 aliphatic heterocycles. The molecule has 0 aromatic carbocycles. The van der Waals surface area contributed by atoms with Crippen LogP contribution < -0.4 is 4.89 Å². The maximum absolute atomic E-state index is 11.4. The standard InChI is InChI=1S/C6H13NO5S2/c1-2-12-7-14(10,11)6-3-4-13(8,9)5-6/h6-7H,2-5H2,1H3. The van der Waals surface area contributed by atoms with Crippen LogP contribution in [-0.4, -0.2) is 40.2 Å². The summed E-state index contributed by atoms with van der Waals surface area (Å²) in [5, 5.41) is -0.876. The zero-order valence-corrected chi connectivity index (χ0v) is 9.40. The normalized spacial score (nSPS) is 26.5. The summed E-state index contributed by atoms with van der Waals surface area (Å²) in [6.45, 7) is 1.84. The Hall–Kier alpha value is -0.180. The average molecular weight is 243 g/mol. The van der Waals surface area contributed by atoms with Gasteiger partial charge in [0.2, 0.25) is 10.0 Å². The molecule has 1 unspecified atom stereocenters. The Morgan fingerprint density at radius 1 is 1.50 bits per heavy atom. The molecule has 0 aromatic heterocycles. The summed E-state index contributed by atoms with van der Waals surface area (Å²) in [5.74, 6) is -0.375. The van der Waals surface area contributed by atoms with Crippen LogP contribution in [0, 0.1) is 0 Å². The van der Waals surface area contributed by atoms with Gasteiger partial charge in [0.05, 0.1) is 23.4 Å². The van der Waals surface area contributed by atoms with Crippen LogP contribution in [0.15, 0.2) is 0 Å². The van der Waals surface area contributed by atoms with Crippen molar-refractivity contribution in [2.75, 3.05) is 18.1 Å². The van der Waals surface area contributed by atoms with E-state index < -0.39 is 25.1 Å². The second-order valence-electron chi connectivity index (χ2n) is 3.09. The summed E-state index contributed by atoms with van der Waals surface area (Å²) < 4.78 is 44.8. The van der Waals surface area contributed by atoms with Gasteiger partial charge in [0.15, 0.2) is 9.84 Å². The van der Waals surface area contributed by atoms with Crippen molar-refractivity contribution in [2.24, 2.45) is 0 Å². The minimum atomic E-state index is -3.64. The fourth-order valence-corrected chi connectivity index (χ4v) is 5.09. The van der Waals surface area contributed by atoms with E-state index in [1.54, 1.807) is 6.92 Å². The van der Waals surface area contributed by atoms with Crippen molar-refractivity contribution in [2.45, 2.75) is 18.6 Å². The van der Waals surface area contributed by atoms with Crippen LogP contribution in [0.1, 0.15) is 13.3 Å². The Morgan fingerprint density at radius 2 is 2.14 bits per heavy atom. The lowest BCUT2D eigenvalue weighted by Gasteiger charge is -2.09. The molecule has 0 radical (unpaired) electrons. The first kappa shape index (κ1) is 11.9. The molecule has 84 valence electrons. The van der Waals surface area contributed by atoms with E-state index in [1.165, 1.54) is 0 Å². The molecule has 1 N–H and O–H groups in total. The highest BCUT2D eigenvalue weighted by atomic mass is 32.2. The van der Waals surface area contributed by atoms with Crippen molar-refractivity contribution in [3.8, 4) is 0 Å². The summed E-state index contributed by atoms with van der Waals surface area (Å²) in [7, 11) is -6.82. The van der Waals surface area contributed by atoms with E-state index >= 15 is 0 Å². The molecule has 1 fully saturated rings. The van der Waals surface area contributed by atoms with Crippen molar-refractivity contribution in [1.29, 1.82) is 0 Å². The summed E-state index contributed by atoms with van der Waals surface area (Å²) in [6, 6.07) is 0. The van der Waals surface area contributed by atoms with Gasteiger partial charge in [-0.3, -0.25) is 4.84 Å². The zero-order valence-electron chi connectivity index (χ0n) is 7.76. The van der Waals surface area contributed by atoms with Gasteiger partial charge in [0.25, 0.3) is 0 Å². The third-order valence-electron chi connectivity index (χ3n) is 1.95. The fourth-order valence-electron chi connectivity index (χ4n) is 1.21. The van der Waals surface area contributed by atoms with Gasteiger partial charge in [-0.1, -0.05) is 4.89 Å². The smallest absolute Gasteiger partial charge is 0.237 e. The SMILES string of the molecule is CCONS(=O)(=O)C1CCS(=O)(=O)C1. The number of sulfone groups is 1. The molecule has 14 heavy (non-hydrogen) atoms. The Balaban J connectivity index is 2.67. The summed E-state index contributed by atoms with van der Waals surface area (Å²) in [4.78, 5) is 6.44. The van der Waals surface area contributed by atoms with Crippen LogP contribution >= 0.6 is 0 Å². The number of hydrogen-bond donors (Lipinski definition) is 1. The highest BCUT2D eigenvalue weighted by Crippen LogP contribution is 2.17. The van der Waals surface area contributed by atoms with Crippen LogP contribution in [0.3, 0.4) is 0 Å². The lowest BCUT2D eigenvalue weighted by Crippen LogP contribution is -2.35. The van der Waals surface area contributed by atoms with Crippen LogP contribution in [0.4, 0.5) is 0 Å². The van der Waals surface area contributed by atoms with E-state index in [4.69, 9.17) is 0 Å². The molecule has 8 heteroatoms. The largest absolute Gasteiger partial charge is 0.287 e. The van der Waals surface area contributed by atoms with Crippen LogP contribution in [0.25, 0.3) is 0 Å². The highest BCUT2D eigenvalue weighted by molar-refractivity contribution is 7.95. The summed E-state index contributed by atoms with van der Waals surface area (Å²) in [6.07, 6.45) is 0.144. The summed E-state index contributed by atoms with van der Waals surface area (Å²) >= 11 is 0. The van der Waals surface area contributed by atoms with Crippen molar-refractivity contribution >= 4 is 19.9 Å². The molecule has 0 amide bonds. The van der Waals surface area contributed by atoms with E-state index in [1.807, 2.05) is 4.89 Å². The van der Waals surface area contributed by atoms with E-state index in [0.717, 1.165) is 0 Å². The molecule has 0 saturated carbocycles. The maximum Gasteiger partial charge on any atom is 0.237 e. The Kier molecular flexibility index (Phi) is 3.51. The first-order valence-electron chi connectivity index (χ1n) is 4.20. The van der Waals surface area contributed by atoms with Gasteiger partial charge in [-0.15, -0.1) is 0 Å². The molecular weight excluding hydrogens is 230 g/mol. The van der Waals surface area contributed by atoms with E-state index in [9.17, 15) is 16.8 Å². The monoisotopic (exact) mass is 243 g/mol. The Bertz CT molecular complexity index is 384. The van der Waals surface area contributed by atoms with Crippen molar-refractivity contribution in [1.82, 2.24) is 4.89 Å². The Morgan fingerprint density at radius 3 is 2.57 bits per heavy atom. The van der Waals surface area contributed by atoms with Gasteiger partial charge in [0, 0.05) is 0 Å². The van der Waals surface area contributed by atoms with Crippen LogP contribution in [0.5, 0.6) is 0 Å². The van der Waals surface area contributed by atoms with Gasteiger partial charge >= 0.3 is 0 Å². The van der Waals surface area contributed by atoms with Crippen LogP contribution in [-0.2, 0) is 24.7 Å². The lowest BCUT2D eigenvalue weighted by molar-refractivity contribution is 0.105. The predicted octanol–water partition coefficient (Wildman–Crippen LogP) is -0.956. The molecule has 1 aliphatic rings. The molecule has 6 nitrogen and oxygen atoms in total. The van der Waals surface area contributed by atoms with Crippen molar-refractivity contribution < 1.29 is 21.7 Å². The van der Waals surface area contributed by atoms with E-state index in [0.29, 0.717) is 0 Å². The minimum Gasteiger partial charge on any atom is -0.287 e. The van der Waals surface area contributed by atoms with Gasteiger partial charge in [-0.25, -0.2) is 16.8 Å². The molecule has 0 spiro atoms. The molecule has 1 saturated heterocycles. The first-order valence-corrected chi connectivity index (χ1v) is 7.57. The van der Waals surface area contributed by atoms with E-state index in [-0.39, 0.29) is 24.5 Å². The van der Waals surface area contributed by atoms with Gasteiger partial charge in [0.1, 0.15) is 0 Å². The van der Waals surface area contributed by atoms with E-state index in [2.05, 4.69) is 4.84 Å². The number of rotatable bonds is 4. The molecule has 1 heterocycles. The molecule has 0 bridgehead atoms. The molecule has 0 aliphatic carbocycles. The first-order chi connectivity index (χ1) is 6.37. The lowest BCUT2D eigenvalue weighted by atomic mass is 10.4. The topological polar surface area (TPSA) is 89.5 Å². The second-order valence-corrected chi connectivity index (χ2v) is 7.24. The van der Waals surface area contributed by atoms with Crippen molar-refractivity contribution in [3.05, 3.63) is 0 Å². The molecular formula is C6H13NO5S2. The Labute approximate surface area is 83.6 Å². The van der Waals surface area contributed by atoms with Crippen molar-refractivity contribution in [3.63, 3.8) is 0 Å². The number of hydrogen-bond acceptors (Lipinski definition) is 5. The maximum atomic E-state index is 11.4. The molecule has 1 rings (SSSR count). The number of sulfonamides is 1. The molecule has 0 aromatic rings. The third kappa shape index (κ3) is 2.91.